The molecule has 0 aromatic heterocycles. The number of ether oxygens (including phenoxy) is 1. The molecule has 2 nitrogen and oxygen atoms in total. The smallest absolute Gasteiger partial charge is 0.125 e. The first-order valence-corrected chi connectivity index (χ1v) is 7.69. The summed E-state index contributed by atoms with van der Waals surface area (Å²) in [4.78, 5) is 0. The topological polar surface area (TPSA) is 21.3 Å². The van der Waals surface area contributed by atoms with Gasteiger partial charge < -0.3 is 10.1 Å². The third-order valence-corrected chi connectivity index (χ3v) is 4.30. The summed E-state index contributed by atoms with van der Waals surface area (Å²) in [7, 11) is 1.72. The van der Waals surface area contributed by atoms with Gasteiger partial charge in [-0.15, -0.1) is 0 Å². The molecule has 3 heteroatoms. The highest BCUT2D eigenvalue weighted by Gasteiger charge is 2.22. The van der Waals surface area contributed by atoms with Gasteiger partial charge in [0.25, 0.3) is 0 Å². The minimum absolute atomic E-state index is 0.375. The van der Waals surface area contributed by atoms with E-state index in [1.165, 1.54) is 37.7 Å². The van der Waals surface area contributed by atoms with Crippen molar-refractivity contribution in [1.29, 1.82) is 0 Å². The van der Waals surface area contributed by atoms with E-state index in [1.807, 2.05) is 12.1 Å². The predicted octanol–water partition coefficient (Wildman–Crippen LogP) is 4.58. The van der Waals surface area contributed by atoms with Crippen LogP contribution in [0.2, 0.25) is 5.02 Å². The molecule has 0 radical (unpaired) electrons. The second kappa shape index (κ2) is 7.16. The van der Waals surface area contributed by atoms with Crippen molar-refractivity contribution in [3.8, 4) is 5.75 Å². The van der Waals surface area contributed by atoms with Crippen molar-refractivity contribution in [1.82, 2.24) is 5.32 Å². The summed E-state index contributed by atoms with van der Waals surface area (Å²) in [5.74, 6) is 1.75. The summed E-state index contributed by atoms with van der Waals surface area (Å²) >= 11 is 6.05. The van der Waals surface area contributed by atoms with Crippen LogP contribution in [0.4, 0.5) is 0 Å². The largest absolute Gasteiger partial charge is 0.496 e. The van der Waals surface area contributed by atoms with Crippen molar-refractivity contribution in [3.63, 3.8) is 0 Å². The van der Waals surface area contributed by atoms with Gasteiger partial charge in [0.1, 0.15) is 5.75 Å². The van der Waals surface area contributed by atoms with E-state index in [-0.39, 0.29) is 0 Å². The van der Waals surface area contributed by atoms with Crippen LogP contribution in [-0.4, -0.2) is 13.7 Å². The molecular weight excluding hydrogens is 258 g/mol. The van der Waals surface area contributed by atoms with Crippen LogP contribution in [0.3, 0.4) is 0 Å². The van der Waals surface area contributed by atoms with Gasteiger partial charge in [-0.3, -0.25) is 0 Å². The van der Waals surface area contributed by atoms with E-state index >= 15 is 0 Å². The first-order valence-electron chi connectivity index (χ1n) is 7.31. The molecular formula is C16H24ClNO. The van der Waals surface area contributed by atoms with Gasteiger partial charge in [-0.05, 0) is 31.0 Å². The maximum atomic E-state index is 6.05. The molecule has 1 aliphatic carbocycles. The van der Waals surface area contributed by atoms with Crippen molar-refractivity contribution in [2.45, 2.75) is 45.1 Å². The molecule has 1 saturated carbocycles. The number of hydrogen-bond acceptors (Lipinski definition) is 2. The Kier molecular flexibility index (Phi) is 5.53. The zero-order valence-electron chi connectivity index (χ0n) is 11.9. The molecule has 0 saturated heterocycles. The van der Waals surface area contributed by atoms with Gasteiger partial charge in [0.2, 0.25) is 0 Å². The first-order chi connectivity index (χ1) is 9.24. The lowest BCUT2D eigenvalue weighted by molar-refractivity contribution is 0.370. The Morgan fingerprint density at radius 2 is 2.11 bits per heavy atom. The Morgan fingerprint density at radius 1 is 1.37 bits per heavy atom. The van der Waals surface area contributed by atoms with Crippen LogP contribution in [0, 0.1) is 5.92 Å². The molecule has 1 unspecified atom stereocenters. The summed E-state index contributed by atoms with van der Waals surface area (Å²) < 4.78 is 5.49. The molecule has 0 bridgehead atoms. The Hall–Kier alpha value is -0.730. The van der Waals surface area contributed by atoms with Crippen molar-refractivity contribution >= 4 is 11.6 Å². The van der Waals surface area contributed by atoms with E-state index in [0.29, 0.717) is 6.04 Å². The predicted molar refractivity (Wildman–Crippen MR) is 81.0 cm³/mol. The maximum Gasteiger partial charge on any atom is 0.125 e. The Bertz CT molecular complexity index is 402. The number of methoxy groups -OCH3 is 1. The molecule has 1 aromatic carbocycles. The summed E-state index contributed by atoms with van der Waals surface area (Å²) in [6, 6.07) is 6.35. The Balaban J connectivity index is 2.16. The SMILES string of the molecule is CCNC(CC1CCCC1)c1ccc(Cl)cc1OC. The summed E-state index contributed by atoms with van der Waals surface area (Å²) in [5.41, 5.74) is 1.24. The Morgan fingerprint density at radius 3 is 2.74 bits per heavy atom. The van der Waals surface area contributed by atoms with Gasteiger partial charge in [0.05, 0.1) is 7.11 Å². The summed E-state index contributed by atoms with van der Waals surface area (Å²) in [6.07, 6.45) is 6.73. The minimum atomic E-state index is 0.375. The van der Waals surface area contributed by atoms with E-state index in [1.54, 1.807) is 7.11 Å². The van der Waals surface area contributed by atoms with Crippen LogP contribution >= 0.6 is 11.6 Å². The number of halogens is 1. The van der Waals surface area contributed by atoms with Gasteiger partial charge in [-0.1, -0.05) is 50.3 Å². The number of hydrogen-bond donors (Lipinski definition) is 1. The van der Waals surface area contributed by atoms with Crippen LogP contribution in [0.1, 0.15) is 50.6 Å². The second-order valence-electron chi connectivity index (χ2n) is 5.38. The summed E-state index contributed by atoms with van der Waals surface area (Å²) in [5, 5.41) is 4.33. The highest BCUT2D eigenvalue weighted by atomic mass is 35.5. The van der Waals surface area contributed by atoms with Gasteiger partial charge in [-0.2, -0.15) is 0 Å². The van der Waals surface area contributed by atoms with Crippen molar-refractivity contribution in [3.05, 3.63) is 28.8 Å². The lowest BCUT2D eigenvalue weighted by Gasteiger charge is -2.23. The first kappa shape index (κ1) is 14.7. The highest BCUT2D eigenvalue weighted by Crippen LogP contribution is 2.36. The molecule has 2 rings (SSSR count). The third-order valence-electron chi connectivity index (χ3n) is 4.07. The van der Waals surface area contributed by atoms with Crippen LogP contribution in [0.5, 0.6) is 5.75 Å². The third kappa shape index (κ3) is 3.87. The van der Waals surface area contributed by atoms with E-state index in [0.717, 1.165) is 23.2 Å². The standard InChI is InChI=1S/C16H24ClNO/c1-3-18-15(10-12-6-4-5-7-12)14-9-8-13(17)11-16(14)19-2/h8-9,11-12,15,18H,3-7,10H2,1-2H3. The van der Waals surface area contributed by atoms with Gasteiger partial charge in [-0.25, -0.2) is 0 Å². The van der Waals surface area contributed by atoms with Crippen LogP contribution in [-0.2, 0) is 0 Å². The van der Waals surface area contributed by atoms with E-state index in [4.69, 9.17) is 16.3 Å². The Labute approximate surface area is 121 Å². The minimum Gasteiger partial charge on any atom is -0.496 e. The molecule has 1 fully saturated rings. The number of nitrogens with one attached hydrogen (secondary N) is 1. The van der Waals surface area contributed by atoms with Crippen LogP contribution in [0.15, 0.2) is 18.2 Å². The van der Waals surface area contributed by atoms with Crippen LogP contribution < -0.4 is 10.1 Å². The molecule has 1 N–H and O–H groups in total. The molecule has 1 aliphatic rings. The maximum absolute atomic E-state index is 6.05. The number of benzene rings is 1. The fourth-order valence-electron chi connectivity index (χ4n) is 3.12. The van der Waals surface area contributed by atoms with E-state index in [9.17, 15) is 0 Å². The zero-order chi connectivity index (χ0) is 13.7. The average molecular weight is 282 g/mol. The van der Waals surface area contributed by atoms with Crippen molar-refractivity contribution in [2.24, 2.45) is 5.92 Å². The van der Waals surface area contributed by atoms with Gasteiger partial charge in [0.15, 0.2) is 0 Å². The molecule has 0 heterocycles. The van der Waals surface area contributed by atoms with Gasteiger partial charge in [0, 0.05) is 16.6 Å². The molecule has 19 heavy (non-hydrogen) atoms. The molecule has 106 valence electrons. The number of rotatable bonds is 6. The van der Waals surface area contributed by atoms with E-state index < -0.39 is 0 Å². The molecule has 0 aliphatic heterocycles. The zero-order valence-corrected chi connectivity index (χ0v) is 12.7. The average Bonchev–Trinajstić information content (AvgIpc) is 2.91. The quantitative estimate of drug-likeness (QED) is 0.824. The van der Waals surface area contributed by atoms with Crippen molar-refractivity contribution in [2.75, 3.05) is 13.7 Å². The molecule has 1 aromatic rings. The highest BCUT2D eigenvalue weighted by molar-refractivity contribution is 6.30. The molecule has 0 amide bonds. The lowest BCUT2D eigenvalue weighted by atomic mass is 9.93. The fourth-order valence-corrected chi connectivity index (χ4v) is 3.28. The molecule has 0 spiro atoms. The van der Waals surface area contributed by atoms with E-state index in [2.05, 4.69) is 18.3 Å². The lowest BCUT2D eigenvalue weighted by Crippen LogP contribution is -2.23. The second-order valence-corrected chi connectivity index (χ2v) is 5.82. The normalized spacial score (nSPS) is 17.6. The van der Waals surface area contributed by atoms with Crippen LogP contribution in [0.25, 0.3) is 0 Å². The monoisotopic (exact) mass is 281 g/mol. The van der Waals surface area contributed by atoms with Crippen molar-refractivity contribution < 1.29 is 4.74 Å². The van der Waals surface area contributed by atoms with Gasteiger partial charge >= 0.3 is 0 Å². The molecule has 1 atom stereocenters. The summed E-state index contributed by atoms with van der Waals surface area (Å²) in [6.45, 7) is 3.13. The fraction of sp³-hybridized carbons (Fsp3) is 0.625.